The van der Waals surface area contributed by atoms with Crippen molar-refractivity contribution in [1.82, 2.24) is 10.3 Å². The van der Waals surface area contributed by atoms with Crippen LogP contribution in [0.5, 0.6) is 5.75 Å². The molecule has 0 aliphatic rings. The smallest absolute Gasteiger partial charge is 0.490 e. The van der Waals surface area contributed by atoms with Crippen LogP contribution in [0.15, 0.2) is 59.4 Å². The van der Waals surface area contributed by atoms with E-state index < -0.39 is 33.0 Å². The predicted molar refractivity (Wildman–Crippen MR) is 154 cm³/mol. The Morgan fingerprint density at radius 2 is 1.81 bits per heavy atom. The zero-order chi connectivity index (χ0) is 30.3. The van der Waals surface area contributed by atoms with Gasteiger partial charge in [0, 0.05) is 12.1 Å². The van der Waals surface area contributed by atoms with Crippen molar-refractivity contribution in [3.63, 3.8) is 0 Å². The molecule has 9 nitrogen and oxygen atoms in total. The monoisotopic (exact) mass is 626 g/mol. The number of ether oxygens (including phenoxy) is 2. The molecule has 3 N–H and O–H groups in total. The molecular weight excluding hydrogens is 597 g/mol. The maximum atomic E-state index is 12.9. The average Bonchev–Trinajstić information content (AvgIpc) is 3.34. The van der Waals surface area contributed by atoms with Crippen LogP contribution in [0.4, 0.5) is 13.2 Å². The standard InChI is InChI=1S/C28H29F3N2O7S2/c29-28(30,31)26(35)40-23(21-9-10-22(34)24-25(21)41-27(36)33-24)17-32-12-4-15-42(37,38)16-14-39-13-11-19-7-3-6-18-5-1-2-8-20(18)19/h1-3,5-10,23,32,34H,4,11-17H2,(H,33,36)/t23-/m0/s1. The second-order valence-corrected chi connectivity index (χ2v) is 12.8. The number of halogens is 3. The van der Waals surface area contributed by atoms with E-state index in [0.717, 1.165) is 16.3 Å². The Morgan fingerprint density at radius 3 is 2.60 bits per heavy atom. The van der Waals surface area contributed by atoms with Crippen LogP contribution in [-0.2, 0) is 30.5 Å². The first-order valence-corrected chi connectivity index (χ1v) is 15.7. The molecule has 0 saturated heterocycles. The highest BCUT2D eigenvalue weighted by Gasteiger charge is 2.42. The number of benzene rings is 3. The first kappa shape index (κ1) is 31.5. The highest BCUT2D eigenvalue weighted by atomic mass is 32.2. The number of hydrogen-bond donors (Lipinski definition) is 3. The molecule has 14 heteroatoms. The van der Waals surface area contributed by atoms with Crippen LogP contribution in [0.1, 0.15) is 23.7 Å². The predicted octanol–water partition coefficient (Wildman–Crippen LogP) is 4.25. The van der Waals surface area contributed by atoms with E-state index in [1.165, 1.54) is 12.1 Å². The fourth-order valence-electron chi connectivity index (χ4n) is 4.44. The van der Waals surface area contributed by atoms with E-state index >= 15 is 0 Å². The Bertz CT molecular complexity index is 1700. The second-order valence-electron chi connectivity index (χ2n) is 9.49. The molecule has 0 bridgehead atoms. The average molecular weight is 627 g/mol. The fraction of sp³-hybridized carbons (Fsp3) is 0.357. The van der Waals surface area contributed by atoms with E-state index in [1.807, 2.05) is 42.5 Å². The van der Waals surface area contributed by atoms with Gasteiger partial charge in [-0.3, -0.25) is 4.79 Å². The van der Waals surface area contributed by atoms with Crippen molar-refractivity contribution in [2.24, 2.45) is 0 Å². The van der Waals surface area contributed by atoms with Crippen LogP contribution in [0, 0.1) is 0 Å². The zero-order valence-electron chi connectivity index (χ0n) is 22.3. The number of fused-ring (bicyclic) bond motifs is 2. The molecule has 1 aromatic heterocycles. The van der Waals surface area contributed by atoms with E-state index in [-0.39, 0.29) is 59.2 Å². The zero-order valence-corrected chi connectivity index (χ0v) is 23.9. The third kappa shape index (κ3) is 8.31. The maximum absolute atomic E-state index is 12.9. The SMILES string of the molecule is O=C(O[C@@H](CNCCCS(=O)(=O)CCOCCc1cccc2ccccc12)c1ccc(O)c2[nH]c(=O)sc12)C(F)(F)F. The number of H-pyrrole nitrogens is 1. The number of sulfone groups is 1. The summed E-state index contributed by atoms with van der Waals surface area (Å²) in [4.78, 5) is 25.2. The Hall–Kier alpha value is -3.46. The van der Waals surface area contributed by atoms with Gasteiger partial charge in [-0.05, 0) is 41.8 Å². The van der Waals surface area contributed by atoms with Crippen molar-refractivity contribution >= 4 is 48.1 Å². The third-order valence-electron chi connectivity index (χ3n) is 6.49. The lowest BCUT2D eigenvalue weighted by molar-refractivity contribution is -0.205. The van der Waals surface area contributed by atoms with Gasteiger partial charge in [0.25, 0.3) is 0 Å². The number of nitrogens with one attached hydrogen (secondary N) is 2. The summed E-state index contributed by atoms with van der Waals surface area (Å²) >= 11 is 0.650. The lowest BCUT2D eigenvalue weighted by Crippen LogP contribution is -2.32. The van der Waals surface area contributed by atoms with Gasteiger partial charge in [0.2, 0.25) is 0 Å². The number of aromatic amines is 1. The number of rotatable bonds is 14. The van der Waals surface area contributed by atoms with Gasteiger partial charge in [-0.15, -0.1) is 0 Å². The van der Waals surface area contributed by atoms with Crippen LogP contribution in [0.3, 0.4) is 0 Å². The molecule has 0 aliphatic carbocycles. The minimum Gasteiger partial charge on any atom is -0.506 e. The maximum Gasteiger partial charge on any atom is 0.490 e. The highest BCUT2D eigenvalue weighted by Crippen LogP contribution is 2.34. The molecule has 3 aromatic carbocycles. The number of thiazole rings is 1. The molecule has 0 saturated carbocycles. The van der Waals surface area contributed by atoms with Crippen LogP contribution in [-0.4, -0.2) is 68.5 Å². The minimum absolute atomic E-state index is 0.0148. The topological polar surface area (TPSA) is 135 Å². The van der Waals surface area contributed by atoms with Gasteiger partial charge in [-0.2, -0.15) is 13.2 Å². The van der Waals surface area contributed by atoms with E-state index in [4.69, 9.17) is 4.74 Å². The van der Waals surface area contributed by atoms with Gasteiger partial charge in [0.05, 0.1) is 29.4 Å². The van der Waals surface area contributed by atoms with Crippen LogP contribution >= 0.6 is 11.3 Å². The Balaban J connectivity index is 1.24. The van der Waals surface area contributed by atoms with Crippen molar-refractivity contribution < 1.29 is 41.0 Å². The number of aromatic nitrogens is 1. The summed E-state index contributed by atoms with van der Waals surface area (Å²) in [5.74, 6) is -3.06. The van der Waals surface area contributed by atoms with E-state index in [1.54, 1.807) is 0 Å². The summed E-state index contributed by atoms with van der Waals surface area (Å²) in [6.45, 7) is 0.215. The van der Waals surface area contributed by atoms with Crippen LogP contribution in [0.2, 0.25) is 0 Å². The number of alkyl halides is 3. The number of phenolic OH excluding ortho intramolecular Hbond substituents is 1. The number of aromatic hydroxyl groups is 1. The highest BCUT2D eigenvalue weighted by molar-refractivity contribution is 7.91. The van der Waals surface area contributed by atoms with Crippen molar-refractivity contribution in [1.29, 1.82) is 0 Å². The van der Waals surface area contributed by atoms with Gasteiger partial charge < -0.3 is 24.9 Å². The first-order chi connectivity index (χ1) is 19.9. The quantitative estimate of drug-likeness (QED) is 0.140. The molecule has 0 radical (unpaired) electrons. The van der Waals surface area contributed by atoms with Gasteiger partial charge >= 0.3 is 17.0 Å². The summed E-state index contributed by atoms with van der Waals surface area (Å²) in [7, 11) is -3.45. The Kier molecular flexibility index (Phi) is 10.2. The summed E-state index contributed by atoms with van der Waals surface area (Å²) in [5, 5.41) is 15.0. The minimum atomic E-state index is -5.25. The van der Waals surface area contributed by atoms with Gasteiger partial charge in [-0.1, -0.05) is 59.9 Å². The molecular formula is C28H29F3N2O7S2. The number of hydrogen-bond acceptors (Lipinski definition) is 9. The number of carbonyl (C=O) groups excluding carboxylic acids is 1. The Morgan fingerprint density at radius 1 is 1.05 bits per heavy atom. The molecule has 42 heavy (non-hydrogen) atoms. The summed E-state index contributed by atoms with van der Waals surface area (Å²) in [6, 6.07) is 16.4. The molecule has 0 spiro atoms. The lowest BCUT2D eigenvalue weighted by Gasteiger charge is -2.20. The van der Waals surface area contributed by atoms with Crippen molar-refractivity contribution in [2.45, 2.75) is 25.1 Å². The van der Waals surface area contributed by atoms with E-state index in [2.05, 4.69) is 15.0 Å². The Labute approximate surface area is 243 Å². The summed E-state index contributed by atoms with van der Waals surface area (Å²) in [6.07, 6.45) is -5.91. The molecule has 0 aliphatic heterocycles. The molecule has 0 fully saturated rings. The first-order valence-electron chi connectivity index (χ1n) is 13.0. The lowest BCUT2D eigenvalue weighted by atomic mass is 10.0. The third-order valence-corrected chi connectivity index (χ3v) is 9.12. The molecule has 226 valence electrons. The van der Waals surface area contributed by atoms with E-state index in [9.17, 15) is 36.3 Å². The molecule has 0 amide bonds. The molecule has 1 heterocycles. The van der Waals surface area contributed by atoms with Gasteiger partial charge in [-0.25, -0.2) is 13.2 Å². The van der Waals surface area contributed by atoms with E-state index in [0.29, 0.717) is 24.4 Å². The van der Waals surface area contributed by atoms with Gasteiger partial charge in [0.1, 0.15) is 17.4 Å². The number of carbonyl (C=O) groups is 1. The molecule has 1 atom stereocenters. The normalized spacial score (nSPS) is 13.0. The summed E-state index contributed by atoms with van der Waals surface area (Å²) < 4.78 is 74.0. The molecule has 4 rings (SSSR count). The van der Waals surface area contributed by atoms with Crippen LogP contribution in [0.25, 0.3) is 21.0 Å². The second kappa shape index (κ2) is 13.7. The fourth-order valence-corrected chi connectivity index (χ4v) is 6.51. The molecule has 4 aromatic rings. The van der Waals surface area contributed by atoms with Gasteiger partial charge in [0.15, 0.2) is 9.84 Å². The van der Waals surface area contributed by atoms with Crippen molar-refractivity contribution in [3.05, 3.63) is 75.4 Å². The number of esters is 1. The number of phenols is 1. The summed E-state index contributed by atoms with van der Waals surface area (Å²) in [5.41, 5.74) is 1.21. The van der Waals surface area contributed by atoms with Crippen LogP contribution < -0.4 is 10.2 Å². The molecule has 0 unspecified atom stereocenters. The van der Waals surface area contributed by atoms with Crippen molar-refractivity contribution in [3.8, 4) is 5.75 Å². The largest absolute Gasteiger partial charge is 0.506 e. The van der Waals surface area contributed by atoms with Crippen molar-refractivity contribution in [2.75, 3.05) is 37.8 Å².